The molecule has 41 heavy (non-hydrogen) atoms. The Labute approximate surface area is 242 Å². The highest BCUT2D eigenvalue weighted by molar-refractivity contribution is 5.96. The third-order valence-corrected chi connectivity index (χ3v) is 7.65. The molecule has 2 aliphatic rings. The minimum atomic E-state index is -0.485. The number of nitrogens with zero attached hydrogens (tertiary/aromatic N) is 3. The van der Waals surface area contributed by atoms with E-state index in [-0.39, 0.29) is 12.0 Å². The van der Waals surface area contributed by atoms with Gasteiger partial charge in [-0.1, -0.05) is 12.1 Å². The lowest BCUT2D eigenvalue weighted by Gasteiger charge is -2.36. The molecule has 2 amide bonds. The van der Waals surface area contributed by atoms with E-state index >= 15 is 0 Å². The van der Waals surface area contributed by atoms with Crippen LogP contribution in [0.1, 0.15) is 39.2 Å². The summed E-state index contributed by atoms with van der Waals surface area (Å²) in [4.78, 5) is 33.9. The number of amides is 2. The van der Waals surface area contributed by atoms with Crippen LogP contribution in [0.15, 0.2) is 48.5 Å². The molecule has 0 spiro atoms. The highest BCUT2D eigenvalue weighted by Gasteiger charge is 2.26. The molecule has 0 unspecified atom stereocenters. The Morgan fingerprint density at radius 2 is 1.71 bits per heavy atom. The molecular formula is C32H42N6O3. The number of aromatic nitrogens is 1. The van der Waals surface area contributed by atoms with E-state index in [1.54, 1.807) is 4.90 Å². The van der Waals surface area contributed by atoms with Crippen LogP contribution in [0.2, 0.25) is 0 Å². The first-order chi connectivity index (χ1) is 19.6. The van der Waals surface area contributed by atoms with Crippen molar-refractivity contribution in [2.45, 2.75) is 52.2 Å². The molecular weight excluding hydrogens is 516 g/mol. The maximum absolute atomic E-state index is 12.5. The van der Waals surface area contributed by atoms with Crippen LogP contribution in [0.5, 0.6) is 0 Å². The van der Waals surface area contributed by atoms with E-state index in [2.05, 4.69) is 58.1 Å². The molecule has 0 radical (unpaired) electrons. The summed E-state index contributed by atoms with van der Waals surface area (Å²) in [6.45, 7) is 12.9. The molecule has 2 aromatic carbocycles. The average molecular weight is 559 g/mol. The number of ether oxygens (including phenoxy) is 1. The van der Waals surface area contributed by atoms with Crippen molar-refractivity contribution >= 4 is 34.3 Å². The second kappa shape index (κ2) is 12.4. The van der Waals surface area contributed by atoms with E-state index < -0.39 is 5.60 Å². The van der Waals surface area contributed by atoms with Crippen molar-refractivity contribution in [2.24, 2.45) is 0 Å². The number of carbonyl (C=O) groups is 2. The molecule has 0 bridgehead atoms. The van der Waals surface area contributed by atoms with Gasteiger partial charge < -0.3 is 30.5 Å². The fourth-order valence-electron chi connectivity index (χ4n) is 5.40. The van der Waals surface area contributed by atoms with E-state index in [1.807, 2.05) is 39.0 Å². The van der Waals surface area contributed by atoms with Gasteiger partial charge in [-0.25, -0.2) is 9.78 Å². The molecule has 1 aromatic heterocycles. The van der Waals surface area contributed by atoms with Crippen molar-refractivity contribution in [2.75, 3.05) is 56.0 Å². The highest BCUT2D eigenvalue weighted by Crippen LogP contribution is 2.28. The lowest BCUT2D eigenvalue weighted by atomic mass is 10.0. The first kappa shape index (κ1) is 28.8. The molecule has 9 heteroatoms. The van der Waals surface area contributed by atoms with E-state index in [0.717, 1.165) is 78.1 Å². The Morgan fingerprint density at radius 3 is 2.39 bits per heavy atom. The maximum Gasteiger partial charge on any atom is 0.410 e. The Morgan fingerprint density at radius 1 is 1.00 bits per heavy atom. The van der Waals surface area contributed by atoms with Crippen molar-refractivity contribution in [1.82, 2.24) is 20.5 Å². The van der Waals surface area contributed by atoms with Gasteiger partial charge in [0.05, 0.1) is 17.8 Å². The van der Waals surface area contributed by atoms with Gasteiger partial charge in [-0.2, -0.15) is 0 Å². The molecule has 5 rings (SSSR count). The maximum atomic E-state index is 12.5. The number of pyridine rings is 1. The van der Waals surface area contributed by atoms with Crippen molar-refractivity contribution in [3.8, 4) is 11.3 Å². The predicted octanol–water partition coefficient (Wildman–Crippen LogP) is 4.55. The topological polar surface area (TPSA) is 98.8 Å². The molecule has 9 nitrogen and oxygen atoms in total. The van der Waals surface area contributed by atoms with E-state index in [0.29, 0.717) is 25.7 Å². The zero-order valence-electron chi connectivity index (χ0n) is 24.6. The summed E-state index contributed by atoms with van der Waals surface area (Å²) in [5.41, 5.74) is 5.39. The molecule has 3 heterocycles. The van der Waals surface area contributed by atoms with E-state index in [4.69, 9.17) is 9.72 Å². The smallest absolute Gasteiger partial charge is 0.410 e. The number of rotatable bonds is 6. The normalized spacial score (nSPS) is 16.6. The molecule has 0 saturated carbocycles. The molecule has 0 aliphatic carbocycles. The zero-order valence-corrected chi connectivity index (χ0v) is 24.6. The molecule has 0 atom stereocenters. The molecule has 2 fully saturated rings. The number of benzene rings is 2. The van der Waals surface area contributed by atoms with Gasteiger partial charge in [0.1, 0.15) is 5.60 Å². The third-order valence-electron chi connectivity index (χ3n) is 7.65. The van der Waals surface area contributed by atoms with Crippen LogP contribution in [0.4, 0.5) is 16.2 Å². The van der Waals surface area contributed by atoms with Crippen molar-refractivity contribution in [3.63, 3.8) is 0 Å². The summed E-state index contributed by atoms with van der Waals surface area (Å²) in [5.74, 6) is -0.0311. The number of piperidine rings is 1. The zero-order chi connectivity index (χ0) is 29.0. The number of piperazine rings is 1. The first-order valence-electron chi connectivity index (χ1n) is 14.6. The van der Waals surface area contributed by atoms with Gasteiger partial charge in [0.25, 0.3) is 0 Å². The standard InChI is InChI=1S/C32H42N6O3/c1-22-19-29(23-5-8-26(9-6-23)37-15-17-38(18-16-37)31(40)41-32(2,3)4)36-28-10-7-25(20-27(22)28)35-30(39)21-34-24-11-13-33-14-12-24/h5-10,19-20,24,33-34H,11-18,21H2,1-4H3,(H,35,39). The van der Waals surface area contributed by atoms with Crippen LogP contribution in [-0.2, 0) is 9.53 Å². The number of anilines is 2. The third kappa shape index (κ3) is 7.54. The predicted molar refractivity (Wildman–Crippen MR) is 164 cm³/mol. The fourth-order valence-corrected chi connectivity index (χ4v) is 5.40. The van der Waals surface area contributed by atoms with Crippen LogP contribution in [0.3, 0.4) is 0 Å². The summed E-state index contributed by atoms with van der Waals surface area (Å²) in [6.07, 6.45) is 1.85. The summed E-state index contributed by atoms with van der Waals surface area (Å²) in [5, 5.41) is 10.8. The second-order valence-electron chi connectivity index (χ2n) is 12.0. The molecule has 2 saturated heterocycles. The van der Waals surface area contributed by atoms with Crippen LogP contribution in [-0.4, -0.2) is 79.3 Å². The second-order valence-corrected chi connectivity index (χ2v) is 12.0. The van der Waals surface area contributed by atoms with Crippen molar-refractivity contribution in [3.05, 3.63) is 54.1 Å². The lowest BCUT2D eigenvalue weighted by Crippen LogP contribution is -2.50. The van der Waals surface area contributed by atoms with Crippen LogP contribution >= 0.6 is 0 Å². The molecule has 3 N–H and O–H groups in total. The Balaban J connectivity index is 1.19. The fraction of sp³-hybridized carbons (Fsp3) is 0.469. The van der Waals surface area contributed by atoms with E-state index in [9.17, 15) is 9.59 Å². The van der Waals surface area contributed by atoms with E-state index in [1.165, 1.54) is 0 Å². The molecule has 218 valence electrons. The number of fused-ring (bicyclic) bond motifs is 1. The molecule has 2 aliphatic heterocycles. The van der Waals surface area contributed by atoms with Crippen LogP contribution in [0, 0.1) is 6.92 Å². The Hall–Kier alpha value is -3.69. The molecule has 3 aromatic rings. The number of carbonyl (C=O) groups excluding carboxylic acids is 2. The quantitative estimate of drug-likeness (QED) is 0.408. The average Bonchev–Trinajstić information content (AvgIpc) is 2.96. The minimum Gasteiger partial charge on any atom is -0.444 e. The summed E-state index contributed by atoms with van der Waals surface area (Å²) in [6, 6.07) is 16.8. The minimum absolute atomic E-state index is 0.0311. The highest BCUT2D eigenvalue weighted by atomic mass is 16.6. The lowest BCUT2D eigenvalue weighted by molar-refractivity contribution is -0.115. The van der Waals surface area contributed by atoms with Gasteiger partial charge in [0.2, 0.25) is 5.91 Å². The summed E-state index contributed by atoms with van der Waals surface area (Å²) in [7, 11) is 0. The van der Waals surface area contributed by atoms with Crippen LogP contribution in [0.25, 0.3) is 22.2 Å². The SMILES string of the molecule is Cc1cc(-c2ccc(N3CCN(C(=O)OC(C)(C)C)CC3)cc2)nc2ccc(NC(=O)CNC3CCNCC3)cc12. The van der Waals surface area contributed by atoms with Gasteiger partial charge in [-0.05, 0) is 95.6 Å². The Bertz CT molecular complexity index is 1370. The number of aryl methyl sites for hydroxylation is 1. The van der Waals surface area contributed by atoms with Crippen molar-refractivity contribution in [1.29, 1.82) is 0 Å². The number of hydrogen-bond acceptors (Lipinski definition) is 7. The largest absolute Gasteiger partial charge is 0.444 e. The summed E-state index contributed by atoms with van der Waals surface area (Å²) < 4.78 is 5.52. The Kier molecular flexibility index (Phi) is 8.75. The van der Waals surface area contributed by atoms with Crippen molar-refractivity contribution < 1.29 is 14.3 Å². The van der Waals surface area contributed by atoms with Gasteiger partial charge >= 0.3 is 6.09 Å². The number of hydrogen-bond donors (Lipinski definition) is 3. The van der Waals surface area contributed by atoms with Crippen LogP contribution < -0.4 is 20.9 Å². The van der Waals surface area contributed by atoms with Gasteiger partial charge in [0, 0.05) is 54.5 Å². The van der Waals surface area contributed by atoms with Gasteiger partial charge in [-0.15, -0.1) is 0 Å². The summed E-state index contributed by atoms with van der Waals surface area (Å²) >= 11 is 0. The first-order valence-corrected chi connectivity index (χ1v) is 14.6. The number of nitrogens with one attached hydrogen (secondary N) is 3. The van der Waals surface area contributed by atoms with Gasteiger partial charge in [0.15, 0.2) is 0 Å². The monoisotopic (exact) mass is 558 g/mol. The van der Waals surface area contributed by atoms with Gasteiger partial charge in [-0.3, -0.25) is 4.79 Å².